The highest BCUT2D eigenvalue weighted by Gasteiger charge is 2.35. The van der Waals surface area contributed by atoms with Crippen LogP contribution in [0.25, 0.3) is 0 Å². The molecule has 1 aliphatic heterocycles. The largest absolute Gasteiger partial charge is 0.349 e. The van der Waals surface area contributed by atoms with Crippen LogP contribution < -0.4 is 4.90 Å². The molecule has 0 aromatic carbocycles. The Kier molecular flexibility index (Phi) is 3.75. The molecule has 0 atom stereocenters. The molecule has 0 N–H and O–H groups in total. The van der Waals surface area contributed by atoms with Gasteiger partial charge in [-0.25, -0.2) is 0 Å². The Morgan fingerprint density at radius 3 is 2.47 bits per heavy atom. The zero-order valence-corrected chi connectivity index (χ0v) is 12.3. The second kappa shape index (κ2) is 5.16. The fraction of sp³-hybridized carbons (Fsp3) is 0.667. The van der Waals surface area contributed by atoms with Crippen molar-refractivity contribution < 1.29 is 0 Å². The first kappa shape index (κ1) is 13.8. The number of aryl methyl sites for hydroxylation is 1. The van der Waals surface area contributed by atoms with Gasteiger partial charge in [-0.3, -0.25) is 0 Å². The molecule has 0 bridgehead atoms. The molecule has 1 aromatic rings. The van der Waals surface area contributed by atoms with E-state index in [0.29, 0.717) is 0 Å². The summed E-state index contributed by atoms with van der Waals surface area (Å²) in [6, 6.07) is 2.36. The average Bonchev–Trinajstić information content (AvgIpc) is 2.76. The minimum Gasteiger partial charge on any atom is -0.349 e. The summed E-state index contributed by atoms with van der Waals surface area (Å²) in [4.78, 5) is 2.25. The van der Waals surface area contributed by atoms with Crippen molar-refractivity contribution in [2.45, 2.75) is 58.9 Å². The summed E-state index contributed by atoms with van der Waals surface area (Å²) in [6.45, 7) is 9.52. The standard InChI is InChI=1S/C15H22N4/c1-5-11-12(10-16)14(18-17-13(11)6-2)19-9-7-8-15(19,3)4/h5-9H2,1-4H3. The zero-order chi connectivity index (χ0) is 14.0. The molecule has 2 heterocycles. The molecule has 0 saturated carbocycles. The molecule has 1 aliphatic rings. The van der Waals surface area contributed by atoms with Gasteiger partial charge >= 0.3 is 0 Å². The molecule has 2 rings (SSSR count). The number of anilines is 1. The van der Waals surface area contributed by atoms with Gasteiger partial charge in [-0.05, 0) is 45.1 Å². The monoisotopic (exact) mass is 258 g/mol. The summed E-state index contributed by atoms with van der Waals surface area (Å²) in [5.74, 6) is 0.777. The molecule has 4 heteroatoms. The second-order valence-corrected chi connectivity index (χ2v) is 5.71. The molecule has 0 spiro atoms. The van der Waals surface area contributed by atoms with Crippen LogP contribution in [-0.4, -0.2) is 22.3 Å². The van der Waals surface area contributed by atoms with Crippen LogP contribution in [0, 0.1) is 11.3 Å². The van der Waals surface area contributed by atoms with Crippen LogP contribution in [0.4, 0.5) is 5.82 Å². The lowest BCUT2D eigenvalue weighted by Crippen LogP contribution is -2.39. The molecule has 4 nitrogen and oxygen atoms in total. The smallest absolute Gasteiger partial charge is 0.169 e. The van der Waals surface area contributed by atoms with Gasteiger partial charge in [0.15, 0.2) is 5.82 Å². The first-order valence-corrected chi connectivity index (χ1v) is 7.11. The molecular formula is C15H22N4. The predicted molar refractivity (Wildman–Crippen MR) is 76.2 cm³/mol. The van der Waals surface area contributed by atoms with E-state index < -0.39 is 0 Å². The van der Waals surface area contributed by atoms with Crippen LogP contribution in [0.5, 0.6) is 0 Å². The Labute approximate surface area is 115 Å². The molecule has 19 heavy (non-hydrogen) atoms. The average molecular weight is 258 g/mol. The maximum atomic E-state index is 9.54. The lowest BCUT2D eigenvalue weighted by molar-refractivity contribution is 0.511. The first-order valence-electron chi connectivity index (χ1n) is 7.11. The van der Waals surface area contributed by atoms with Crippen molar-refractivity contribution in [1.29, 1.82) is 5.26 Å². The van der Waals surface area contributed by atoms with Crippen LogP contribution in [0.2, 0.25) is 0 Å². The maximum absolute atomic E-state index is 9.54. The van der Waals surface area contributed by atoms with Gasteiger partial charge in [-0.1, -0.05) is 13.8 Å². The third-order valence-electron chi connectivity index (χ3n) is 4.10. The van der Waals surface area contributed by atoms with Gasteiger partial charge in [0, 0.05) is 12.1 Å². The maximum Gasteiger partial charge on any atom is 0.169 e. The van der Waals surface area contributed by atoms with Crippen LogP contribution in [0.1, 0.15) is 57.4 Å². The van der Waals surface area contributed by atoms with Crippen LogP contribution in [0.15, 0.2) is 0 Å². The lowest BCUT2D eigenvalue weighted by Gasteiger charge is -2.33. The van der Waals surface area contributed by atoms with E-state index in [1.54, 1.807) is 0 Å². The normalized spacial score (nSPS) is 17.5. The third-order valence-corrected chi connectivity index (χ3v) is 4.10. The Balaban J connectivity index is 2.56. The Morgan fingerprint density at radius 2 is 2.00 bits per heavy atom. The minimum atomic E-state index is 0.0685. The highest BCUT2D eigenvalue weighted by molar-refractivity contribution is 5.59. The van der Waals surface area contributed by atoms with Crippen molar-refractivity contribution in [2.75, 3.05) is 11.4 Å². The second-order valence-electron chi connectivity index (χ2n) is 5.71. The van der Waals surface area contributed by atoms with Crippen molar-refractivity contribution in [3.63, 3.8) is 0 Å². The SMILES string of the molecule is CCc1nnc(N2CCCC2(C)C)c(C#N)c1CC. The summed E-state index contributed by atoms with van der Waals surface area (Å²) < 4.78 is 0. The Morgan fingerprint density at radius 1 is 1.26 bits per heavy atom. The third kappa shape index (κ3) is 2.30. The van der Waals surface area contributed by atoms with Crippen LogP contribution >= 0.6 is 0 Å². The van der Waals surface area contributed by atoms with Gasteiger partial charge in [-0.15, -0.1) is 5.10 Å². The number of aromatic nitrogens is 2. The number of rotatable bonds is 3. The highest BCUT2D eigenvalue weighted by Crippen LogP contribution is 2.35. The highest BCUT2D eigenvalue weighted by atomic mass is 15.3. The summed E-state index contributed by atoms with van der Waals surface area (Å²) in [6.07, 6.45) is 3.95. The number of nitrogens with zero attached hydrogens (tertiary/aromatic N) is 4. The van der Waals surface area contributed by atoms with Crippen molar-refractivity contribution >= 4 is 5.82 Å². The topological polar surface area (TPSA) is 52.8 Å². The molecule has 1 fully saturated rings. The Bertz CT molecular complexity index is 514. The summed E-state index contributed by atoms with van der Waals surface area (Å²) >= 11 is 0. The first-order chi connectivity index (χ1) is 9.05. The number of hydrogen-bond donors (Lipinski definition) is 0. The van der Waals surface area contributed by atoms with Crippen molar-refractivity contribution in [2.24, 2.45) is 0 Å². The summed E-state index contributed by atoms with van der Waals surface area (Å²) in [7, 11) is 0. The predicted octanol–water partition coefficient (Wildman–Crippen LogP) is 2.85. The van der Waals surface area contributed by atoms with Crippen LogP contribution in [0.3, 0.4) is 0 Å². The van der Waals surface area contributed by atoms with E-state index >= 15 is 0 Å². The van der Waals surface area contributed by atoms with Gasteiger partial charge in [0.2, 0.25) is 0 Å². The van der Waals surface area contributed by atoms with E-state index in [9.17, 15) is 5.26 Å². The van der Waals surface area contributed by atoms with E-state index in [4.69, 9.17) is 0 Å². The van der Waals surface area contributed by atoms with Crippen molar-refractivity contribution in [3.8, 4) is 6.07 Å². The van der Waals surface area contributed by atoms with Gasteiger partial charge in [0.05, 0.1) is 5.69 Å². The van der Waals surface area contributed by atoms with E-state index in [0.717, 1.165) is 54.9 Å². The number of hydrogen-bond acceptors (Lipinski definition) is 4. The molecule has 0 aliphatic carbocycles. The quantitative estimate of drug-likeness (QED) is 0.836. The van der Waals surface area contributed by atoms with E-state index in [2.05, 4.69) is 48.9 Å². The fourth-order valence-electron chi connectivity index (χ4n) is 2.97. The summed E-state index contributed by atoms with van der Waals surface area (Å²) in [5, 5.41) is 18.2. The molecule has 102 valence electrons. The Hall–Kier alpha value is -1.63. The minimum absolute atomic E-state index is 0.0685. The molecule has 1 saturated heterocycles. The van der Waals surface area contributed by atoms with E-state index in [-0.39, 0.29) is 5.54 Å². The summed E-state index contributed by atoms with van der Waals surface area (Å²) in [5.41, 5.74) is 2.82. The van der Waals surface area contributed by atoms with Crippen molar-refractivity contribution in [3.05, 3.63) is 16.8 Å². The van der Waals surface area contributed by atoms with Gasteiger partial charge in [-0.2, -0.15) is 10.4 Å². The van der Waals surface area contributed by atoms with Crippen LogP contribution in [-0.2, 0) is 12.8 Å². The number of nitriles is 1. The zero-order valence-electron chi connectivity index (χ0n) is 12.3. The molecule has 0 radical (unpaired) electrons. The lowest BCUT2D eigenvalue weighted by atomic mass is 10.00. The molecule has 1 aromatic heterocycles. The molecule has 0 unspecified atom stereocenters. The van der Waals surface area contributed by atoms with Gasteiger partial charge < -0.3 is 4.90 Å². The fourth-order valence-corrected chi connectivity index (χ4v) is 2.97. The van der Waals surface area contributed by atoms with Gasteiger partial charge in [0.25, 0.3) is 0 Å². The van der Waals surface area contributed by atoms with E-state index in [1.165, 1.54) is 0 Å². The molecule has 0 amide bonds. The van der Waals surface area contributed by atoms with E-state index in [1.807, 2.05) is 0 Å². The van der Waals surface area contributed by atoms with Gasteiger partial charge in [0.1, 0.15) is 11.6 Å². The molecular weight excluding hydrogens is 236 g/mol. The van der Waals surface area contributed by atoms with Crippen molar-refractivity contribution in [1.82, 2.24) is 10.2 Å².